The lowest BCUT2D eigenvalue weighted by Crippen LogP contribution is -2.14. The van der Waals surface area contributed by atoms with Gasteiger partial charge in [-0.1, -0.05) is 23.9 Å². The molecule has 0 aliphatic rings. The summed E-state index contributed by atoms with van der Waals surface area (Å²) in [5, 5.41) is 0. The van der Waals surface area contributed by atoms with E-state index in [9.17, 15) is 43.9 Å². The maximum atomic E-state index is 13.9. The van der Waals surface area contributed by atoms with Gasteiger partial charge in [0.1, 0.15) is 0 Å². The van der Waals surface area contributed by atoms with Gasteiger partial charge in [-0.15, -0.1) is 0 Å². The van der Waals surface area contributed by atoms with Crippen LogP contribution in [0.25, 0.3) is 0 Å². The molecule has 0 saturated carbocycles. The summed E-state index contributed by atoms with van der Waals surface area (Å²) in [6, 6.07) is 2.76. The molecule has 11 heteroatoms. The van der Waals surface area contributed by atoms with Crippen LogP contribution in [0.3, 0.4) is 0 Å². The molecule has 148 valence electrons. The molecule has 0 amide bonds. The molecule has 0 spiro atoms. The van der Waals surface area contributed by atoms with Crippen LogP contribution in [-0.4, -0.2) is 12.4 Å². The highest BCUT2D eigenvalue weighted by molar-refractivity contribution is 7.99. The summed E-state index contributed by atoms with van der Waals surface area (Å²) >= 11 is 0.130. The van der Waals surface area contributed by atoms with Crippen molar-refractivity contribution >= 4 is 11.8 Å². The van der Waals surface area contributed by atoms with Crippen molar-refractivity contribution in [3.05, 3.63) is 58.7 Å². The average Bonchev–Trinajstić information content (AvgIpc) is 2.51. The van der Waals surface area contributed by atoms with Crippen LogP contribution in [0.4, 0.5) is 43.9 Å². The van der Waals surface area contributed by atoms with Gasteiger partial charge in [-0.25, -0.2) is 17.6 Å². The van der Waals surface area contributed by atoms with E-state index in [-0.39, 0.29) is 11.8 Å². The molecule has 0 N–H and O–H groups in total. The van der Waals surface area contributed by atoms with Crippen LogP contribution in [0.15, 0.2) is 34.1 Å². The molecule has 27 heavy (non-hydrogen) atoms. The number of alkyl halides is 6. The Labute approximate surface area is 150 Å². The van der Waals surface area contributed by atoms with Crippen LogP contribution < -0.4 is 0 Å². The van der Waals surface area contributed by atoms with E-state index in [2.05, 4.69) is 0 Å². The lowest BCUT2D eigenvalue weighted by Gasteiger charge is -2.12. The Bertz CT molecular complexity index is 769. The Kier molecular flexibility index (Phi) is 6.03. The first-order valence-corrected chi connectivity index (χ1v) is 7.85. The molecule has 0 aliphatic heterocycles. The van der Waals surface area contributed by atoms with Crippen molar-refractivity contribution in [2.75, 3.05) is 0 Å². The maximum absolute atomic E-state index is 13.9. The standard InChI is InChI=1S/C16H8F10S/c17-11-7(5-15(21,22)23)1-3-9(13(11)19)27-10-4-2-8(6-16(24,25)26)12(18)14(10)20/h1-4H,5-6H2. The molecule has 2 aromatic carbocycles. The van der Waals surface area contributed by atoms with Crippen LogP contribution in [0.5, 0.6) is 0 Å². The van der Waals surface area contributed by atoms with Gasteiger partial charge in [0, 0.05) is 0 Å². The zero-order valence-electron chi connectivity index (χ0n) is 12.9. The smallest absolute Gasteiger partial charge is 0.203 e. The van der Waals surface area contributed by atoms with E-state index in [4.69, 9.17) is 0 Å². The Morgan fingerprint density at radius 2 is 0.889 bits per heavy atom. The molecule has 0 fully saturated rings. The van der Waals surface area contributed by atoms with Gasteiger partial charge < -0.3 is 0 Å². The number of benzene rings is 2. The number of rotatable bonds is 4. The third kappa shape index (κ3) is 5.53. The summed E-state index contributed by atoms with van der Waals surface area (Å²) < 4.78 is 129. The maximum Gasteiger partial charge on any atom is 0.393 e. The molecule has 0 saturated heterocycles. The highest BCUT2D eigenvalue weighted by Gasteiger charge is 2.32. The zero-order chi connectivity index (χ0) is 20.6. The third-order valence-electron chi connectivity index (χ3n) is 3.26. The molecule has 0 nitrogen and oxygen atoms in total. The predicted molar refractivity (Wildman–Crippen MR) is 76.4 cm³/mol. The highest BCUT2D eigenvalue weighted by atomic mass is 32.2. The van der Waals surface area contributed by atoms with Crippen LogP contribution in [-0.2, 0) is 12.8 Å². The van der Waals surface area contributed by atoms with Crippen LogP contribution in [0.1, 0.15) is 11.1 Å². The van der Waals surface area contributed by atoms with E-state index in [0.717, 1.165) is 12.1 Å². The number of hydrogen-bond acceptors (Lipinski definition) is 1. The highest BCUT2D eigenvalue weighted by Crippen LogP contribution is 2.36. The Hall–Kier alpha value is -1.91. The fraction of sp³-hybridized carbons (Fsp3) is 0.250. The van der Waals surface area contributed by atoms with Crippen molar-refractivity contribution in [3.8, 4) is 0 Å². The number of hydrogen-bond donors (Lipinski definition) is 0. The predicted octanol–water partition coefficient (Wildman–Crippen LogP) is 6.60. The SMILES string of the molecule is Fc1c(CC(F)(F)F)ccc(Sc2ccc(CC(F)(F)F)c(F)c2F)c1F. The molecule has 0 atom stereocenters. The van der Waals surface area contributed by atoms with Crippen molar-refractivity contribution < 1.29 is 43.9 Å². The van der Waals surface area contributed by atoms with Gasteiger partial charge in [-0.3, -0.25) is 0 Å². The second-order valence-electron chi connectivity index (χ2n) is 5.39. The van der Waals surface area contributed by atoms with Crippen molar-refractivity contribution in [1.29, 1.82) is 0 Å². The summed E-state index contributed by atoms with van der Waals surface area (Å²) in [6.07, 6.45) is -13.0. The minimum Gasteiger partial charge on any atom is -0.203 e. The van der Waals surface area contributed by atoms with Gasteiger partial charge >= 0.3 is 12.4 Å². The van der Waals surface area contributed by atoms with Gasteiger partial charge in [0.05, 0.1) is 22.6 Å². The van der Waals surface area contributed by atoms with Crippen molar-refractivity contribution in [3.63, 3.8) is 0 Å². The summed E-state index contributed by atoms with van der Waals surface area (Å²) in [7, 11) is 0. The molecule has 2 aromatic rings. The minimum absolute atomic E-state index is 0.130. The summed E-state index contributed by atoms with van der Waals surface area (Å²) in [5.74, 6) is -7.01. The molecular weight excluding hydrogens is 414 g/mol. The quantitative estimate of drug-likeness (QED) is 0.500. The molecule has 0 unspecified atom stereocenters. The van der Waals surface area contributed by atoms with Gasteiger partial charge in [0.25, 0.3) is 0 Å². The van der Waals surface area contributed by atoms with E-state index in [1.807, 2.05) is 0 Å². The summed E-state index contributed by atoms with van der Waals surface area (Å²) in [6.45, 7) is 0. The zero-order valence-corrected chi connectivity index (χ0v) is 13.7. The Morgan fingerprint density at radius 3 is 1.19 bits per heavy atom. The monoisotopic (exact) mass is 422 g/mol. The largest absolute Gasteiger partial charge is 0.393 e. The van der Waals surface area contributed by atoms with Crippen LogP contribution >= 0.6 is 11.8 Å². The second kappa shape index (κ2) is 7.61. The van der Waals surface area contributed by atoms with Crippen molar-refractivity contribution in [2.24, 2.45) is 0 Å². The molecule has 0 radical (unpaired) electrons. The molecule has 0 bridgehead atoms. The van der Waals surface area contributed by atoms with E-state index in [0.29, 0.717) is 12.1 Å². The van der Waals surface area contributed by atoms with Gasteiger partial charge in [-0.05, 0) is 23.3 Å². The first kappa shape index (κ1) is 21.4. The lowest BCUT2D eigenvalue weighted by atomic mass is 10.1. The molecular formula is C16H8F10S. The number of halogens is 10. The van der Waals surface area contributed by atoms with Crippen molar-refractivity contribution in [2.45, 2.75) is 35.0 Å². The first-order valence-electron chi connectivity index (χ1n) is 7.03. The van der Waals surface area contributed by atoms with E-state index >= 15 is 0 Å². The molecule has 0 heterocycles. The Balaban J connectivity index is 2.32. The fourth-order valence-corrected chi connectivity index (χ4v) is 2.99. The van der Waals surface area contributed by atoms with E-state index in [1.54, 1.807) is 0 Å². The lowest BCUT2D eigenvalue weighted by molar-refractivity contribution is -0.128. The Morgan fingerprint density at radius 1 is 0.556 bits per heavy atom. The summed E-state index contributed by atoms with van der Waals surface area (Å²) in [4.78, 5) is -1.31. The van der Waals surface area contributed by atoms with E-state index < -0.39 is 69.4 Å². The van der Waals surface area contributed by atoms with Gasteiger partial charge in [0.2, 0.25) is 0 Å². The third-order valence-corrected chi connectivity index (χ3v) is 4.33. The molecule has 0 aliphatic carbocycles. The second-order valence-corrected chi connectivity index (χ2v) is 6.47. The topological polar surface area (TPSA) is 0 Å². The first-order chi connectivity index (χ1) is 12.3. The minimum atomic E-state index is -4.79. The molecule has 0 aromatic heterocycles. The van der Waals surface area contributed by atoms with E-state index in [1.165, 1.54) is 0 Å². The van der Waals surface area contributed by atoms with Crippen molar-refractivity contribution in [1.82, 2.24) is 0 Å². The van der Waals surface area contributed by atoms with Gasteiger partial charge in [0.15, 0.2) is 23.3 Å². The normalized spacial score (nSPS) is 12.5. The average molecular weight is 422 g/mol. The van der Waals surface area contributed by atoms with Crippen LogP contribution in [0.2, 0.25) is 0 Å². The van der Waals surface area contributed by atoms with Gasteiger partial charge in [-0.2, -0.15) is 26.3 Å². The molecule has 2 rings (SSSR count). The van der Waals surface area contributed by atoms with Crippen LogP contribution in [0, 0.1) is 23.3 Å². The fourth-order valence-electron chi connectivity index (χ4n) is 2.12. The summed E-state index contributed by atoms with van der Waals surface area (Å²) in [5.41, 5.74) is -1.95.